The van der Waals surface area contributed by atoms with Gasteiger partial charge in [-0.3, -0.25) is 0 Å². The monoisotopic (exact) mass is 418 g/mol. The van der Waals surface area contributed by atoms with Crippen LogP contribution in [0.3, 0.4) is 0 Å². The first kappa shape index (κ1) is 27.2. The van der Waals surface area contributed by atoms with Gasteiger partial charge in [-0.1, -0.05) is 128 Å². The van der Waals surface area contributed by atoms with E-state index in [1.807, 2.05) is 14.2 Å². The van der Waals surface area contributed by atoms with Crippen LogP contribution in [0.5, 0.6) is 0 Å². The molecular weight excluding hydrogens is 368 g/mol. The van der Waals surface area contributed by atoms with Gasteiger partial charge in [0.2, 0.25) is 0 Å². The first-order chi connectivity index (χ1) is 14.7. The minimum atomic E-state index is -0.507. The molecule has 2 nitrogen and oxygen atoms in total. The molecule has 174 valence electrons. The van der Waals surface area contributed by atoms with Crippen molar-refractivity contribution in [1.82, 2.24) is 0 Å². The molecule has 0 aliphatic heterocycles. The molecule has 0 spiro atoms. The number of unbranched alkanes of at least 4 members (excludes halogenated alkanes) is 12. The highest BCUT2D eigenvalue weighted by Gasteiger charge is 2.39. The summed E-state index contributed by atoms with van der Waals surface area (Å²) in [5.74, 6) is -0.211. The average molecular weight is 419 g/mol. The maximum Gasteiger partial charge on any atom is 0.174 e. The summed E-state index contributed by atoms with van der Waals surface area (Å²) in [6, 6.07) is 10.9. The largest absolute Gasteiger partial charge is 0.353 e. The van der Waals surface area contributed by atoms with Crippen LogP contribution < -0.4 is 0 Å². The van der Waals surface area contributed by atoms with Crippen molar-refractivity contribution in [3.8, 4) is 0 Å². The van der Waals surface area contributed by atoms with Gasteiger partial charge in [0.1, 0.15) is 0 Å². The quantitative estimate of drug-likeness (QED) is 0.155. The molecule has 0 N–H and O–H groups in total. The zero-order valence-corrected chi connectivity index (χ0v) is 20.6. The van der Waals surface area contributed by atoms with Crippen LogP contribution in [0.25, 0.3) is 0 Å². The smallest absolute Gasteiger partial charge is 0.174 e. The van der Waals surface area contributed by atoms with Gasteiger partial charge in [-0.05, 0) is 18.4 Å². The highest BCUT2D eigenvalue weighted by Crippen LogP contribution is 2.40. The van der Waals surface area contributed by atoms with Crippen LogP contribution in [-0.4, -0.2) is 20.0 Å². The van der Waals surface area contributed by atoms with Gasteiger partial charge in [-0.25, -0.2) is 0 Å². The standard InChI is InChI=1S/C28H50O2/c1-5-7-9-11-13-14-16-21-25-28(29-3,30-4)27(26-22-18-17-19-23-26)24-20-15-12-10-8-6-2/h17-19,22-23,27H,5-16,20-21,24-25H2,1-4H3. The third-order valence-corrected chi connectivity index (χ3v) is 6.65. The van der Waals surface area contributed by atoms with Crippen molar-refractivity contribution in [2.75, 3.05) is 14.2 Å². The topological polar surface area (TPSA) is 18.5 Å². The van der Waals surface area contributed by atoms with Crippen LogP contribution in [-0.2, 0) is 9.47 Å². The highest BCUT2D eigenvalue weighted by atomic mass is 16.7. The molecule has 0 amide bonds. The van der Waals surface area contributed by atoms with Gasteiger partial charge in [0.05, 0.1) is 0 Å². The normalized spacial score (nSPS) is 12.9. The van der Waals surface area contributed by atoms with E-state index in [1.165, 1.54) is 95.5 Å². The summed E-state index contributed by atoms with van der Waals surface area (Å²) >= 11 is 0. The maximum atomic E-state index is 6.14. The highest BCUT2D eigenvalue weighted by molar-refractivity contribution is 5.22. The molecule has 0 radical (unpaired) electrons. The van der Waals surface area contributed by atoms with Crippen LogP contribution in [0.1, 0.15) is 128 Å². The Bertz CT molecular complexity index is 481. The van der Waals surface area contributed by atoms with Crippen molar-refractivity contribution in [3.05, 3.63) is 35.9 Å². The predicted molar refractivity (Wildman–Crippen MR) is 131 cm³/mol. The second kappa shape index (κ2) is 17.8. The van der Waals surface area contributed by atoms with E-state index >= 15 is 0 Å². The number of hydrogen-bond donors (Lipinski definition) is 0. The molecule has 1 aromatic rings. The van der Waals surface area contributed by atoms with E-state index in [0.717, 1.165) is 12.8 Å². The second-order valence-electron chi connectivity index (χ2n) is 8.96. The Kier molecular flexibility index (Phi) is 16.1. The van der Waals surface area contributed by atoms with Crippen molar-refractivity contribution < 1.29 is 9.47 Å². The second-order valence-corrected chi connectivity index (χ2v) is 8.96. The predicted octanol–water partition coefficient (Wildman–Crippen LogP) is 9.04. The Balaban J connectivity index is 2.63. The van der Waals surface area contributed by atoms with Crippen molar-refractivity contribution in [2.24, 2.45) is 0 Å². The van der Waals surface area contributed by atoms with Gasteiger partial charge in [-0.15, -0.1) is 0 Å². The molecule has 0 heterocycles. The molecule has 0 saturated carbocycles. The third-order valence-electron chi connectivity index (χ3n) is 6.65. The molecular formula is C28H50O2. The number of ether oxygens (including phenoxy) is 2. The Morgan fingerprint density at radius 2 is 1.10 bits per heavy atom. The maximum absolute atomic E-state index is 6.14. The molecule has 0 aliphatic rings. The lowest BCUT2D eigenvalue weighted by Gasteiger charge is -2.39. The molecule has 2 heteroatoms. The summed E-state index contributed by atoms with van der Waals surface area (Å²) < 4.78 is 12.3. The minimum Gasteiger partial charge on any atom is -0.353 e. The van der Waals surface area contributed by atoms with Gasteiger partial charge in [0.25, 0.3) is 0 Å². The molecule has 1 aromatic carbocycles. The van der Waals surface area contributed by atoms with Crippen LogP contribution in [0.2, 0.25) is 0 Å². The van der Waals surface area contributed by atoms with Crippen LogP contribution in [0, 0.1) is 0 Å². The Hall–Kier alpha value is -0.860. The Morgan fingerprint density at radius 3 is 1.60 bits per heavy atom. The number of rotatable bonds is 20. The van der Waals surface area contributed by atoms with Crippen molar-refractivity contribution in [2.45, 2.75) is 128 Å². The summed E-state index contributed by atoms with van der Waals surface area (Å²) in [5.41, 5.74) is 1.36. The first-order valence-electron chi connectivity index (χ1n) is 12.9. The summed E-state index contributed by atoms with van der Waals surface area (Å²) in [4.78, 5) is 0. The van der Waals surface area contributed by atoms with Gasteiger partial charge in [0, 0.05) is 26.6 Å². The molecule has 1 atom stereocenters. The molecule has 0 aromatic heterocycles. The summed E-state index contributed by atoms with van der Waals surface area (Å²) in [5, 5.41) is 0. The molecule has 0 saturated heterocycles. The zero-order valence-electron chi connectivity index (χ0n) is 20.6. The fourth-order valence-electron chi connectivity index (χ4n) is 4.71. The van der Waals surface area contributed by atoms with E-state index in [1.54, 1.807) is 0 Å². The lowest BCUT2D eigenvalue weighted by atomic mass is 9.82. The number of methoxy groups -OCH3 is 2. The number of hydrogen-bond acceptors (Lipinski definition) is 2. The van der Waals surface area contributed by atoms with E-state index in [0.29, 0.717) is 5.92 Å². The third kappa shape index (κ3) is 10.4. The summed E-state index contributed by atoms with van der Waals surface area (Å²) in [7, 11) is 3.68. The van der Waals surface area contributed by atoms with Gasteiger partial charge in [-0.2, -0.15) is 0 Å². The SMILES string of the molecule is CCCCCCCCCCC(OC)(OC)C(CCCCCCCC)c1ccccc1. The Morgan fingerprint density at radius 1 is 0.633 bits per heavy atom. The van der Waals surface area contributed by atoms with E-state index in [4.69, 9.17) is 9.47 Å². The van der Waals surface area contributed by atoms with E-state index in [9.17, 15) is 0 Å². The molecule has 0 bridgehead atoms. The average Bonchev–Trinajstić information content (AvgIpc) is 2.79. The molecule has 30 heavy (non-hydrogen) atoms. The van der Waals surface area contributed by atoms with Crippen molar-refractivity contribution in [3.63, 3.8) is 0 Å². The lowest BCUT2D eigenvalue weighted by molar-refractivity contribution is -0.228. The minimum absolute atomic E-state index is 0.296. The zero-order chi connectivity index (χ0) is 21.9. The summed E-state index contributed by atoms with van der Waals surface area (Å²) in [6.45, 7) is 4.56. The fourth-order valence-corrected chi connectivity index (χ4v) is 4.71. The molecule has 0 aliphatic carbocycles. The van der Waals surface area contributed by atoms with Crippen molar-refractivity contribution >= 4 is 0 Å². The number of benzene rings is 1. The Labute approximate surface area is 188 Å². The van der Waals surface area contributed by atoms with Gasteiger partial charge < -0.3 is 9.47 Å². The first-order valence-corrected chi connectivity index (χ1v) is 12.9. The van der Waals surface area contributed by atoms with E-state index in [2.05, 4.69) is 44.2 Å². The van der Waals surface area contributed by atoms with Crippen molar-refractivity contribution in [1.29, 1.82) is 0 Å². The van der Waals surface area contributed by atoms with Crippen LogP contribution in [0.15, 0.2) is 30.3 Å². The van der Waals surface area contributed by atoms with Crippen LogP contribution in [0.4, 0.5) is 0 Å². The van der Waals surface area contributed by atoms with Gasteiger partial charge in [0.15, 0.2) is 5.79 Å². The lowest BCUT2D eigenvalue weighted by Crippen LogP contribution is -2.40. The molecule has 1 rings (SSSR count). The van der Waals surface area contributed by atoms with E-state index in [-0.39, 0.29) is 0 Å². The fraction of sp³-hybridized carbons (Fsp3) is 0.786. The van der Waals surface area contributed by atoms with Crippen LogP contribution >= 0.6 is 0 Å². The van der Waals surface area contributed by atoms with Gasteiger partial charge >= 0.3 is 0 Å². The molecule has 1 unspecified atom stereocenters. The van der Waals surface area contributed by atoms with E-state index < -0.39 is 5.79 Å². The molecule has 0 fully saturated rings. The summed E-state index contributed by atoms with van der Waals surface area (Å²) in [6.07, 6.45) is 20.7.